The van der Waals surface area contributed by atoms with Gasteiger partial charge in [0.2, 0.25) is 0 Å². The fourth-order valence-electron chi connectivity index (χ4n) is 2.46. The molecule has 1 aliphatic heterocycles. The number of nitrogens with zero attached hydrogens (tertiary/aromatic N) is 1. The predicted molar refractivity (Wildman–Crippen MR) is 72.1 cm³/mol. The summed E-state index contributed by atoms with van der Waals surface area (Å²) < 4.78 is 43.7. The molecular weight excluding hydrogens is 301 g/mol. The molecule has 0 aliphatic carbocycles. The van der Waals surface area contributed by atoms with Gasteiger partial charge in [-0.1, -0.05) is 0 Å². The molecule has 1 atom stereocenters. The molecule has 2 heterocycles. The molecule has 1 fully saturated rings. The average molecular weight is 320 g/mol. The van der Waals surface area contributed by atoms with E-state index in [9.17, 15) is 23.1 Å². The van der Waals surface area contributed by atoms with E-state index >= 15 is 0 Å². The predicted octanol–water partition coefficient (Wildman–Crippen LogP) is 2.58. The van der Waals surface area contributed by atoms with Crippen LogP contribution in [0.25, 0.3) is 0 Å². The second-order valence-corrected chi connectivity index (χ2v) is 5.56. The molecular formula is C14H19F3N2O3. The van der Waals surface area contributed by atoms with E-state index in [0.29, 0.717) is 5.76 Å². The highest BCUT2D eigenvalue weighted by atomic mass is 19.4. The average Bonchev–Trinajstić information content (AvgIpc) is 2.71. The molecule has 1 aromatic rings. The summed E-state index contributed by atoms with van der Waals surface area (Å²) in [6, 6.07) is 1.30. The minimum atomic E-state index is -4.68. The number of hydrogen-bond donors (Lipinski definition) is 2. The molecule has 1 aromatic heterocycles. The summed E-state index contributed by atoms with van der Waals surface area (Å²) in [4.78, 5) is 13.3. The number of aliphatic hydroxyl groups is 1. The summed E-state index contributed by atoms with van der Waals surface area (Å²) in [5.74, 6) is 0.606. The van der Waals surface area contributed by atoms with Crippen LogP contribution in [0.4, 0.5) is 18.0 Å². The first-order valence-corrected chi connectivity index (χ1v) is 7.08. The zero-order chi connectivity index (χ0) is 16.4. The second-order valence-electron chi connectivity index (χ2n) is 5.56. The highest BCUT2D eigenvalue weighted by molar-refractivity contribution is 5.74. The summed E-state index contributed by atoms with van der Waals surface area (Å²) in [5.41, 5.74) is -1.82. The summed E-state index contributed by atoms with van der Waals surface area (Å²) in [6.07, 6.45) is -3.97. The van der Waals surface area contributed by atoms with Gasteiger partial charge in [0.15, 0.2) is 5.60 Å². The van der Waals surface area contributed by atoms with Gasteiger partial charge in [-0.05, 0) is 31.4 Å². The Morgan fingerprint density at radius 2 is 2.18 bits per heavy atom. The first-order chi connectivity index (χ1) is 10.2. The topological polar surface area (TPSA) is 65.7 Å². The first-order valence-electron chi connectivity index (χ1n) is 7.08. The number of aryl methyl sites for hydroxylation is 1. The maximum atomic E-state index is 12.8. The van der Waals surface area contributed by atoms with Gasteiger partial charge in [-0.2, -0.15) is 13.2 Å². The lowest BCUT2D eigenvalue weighted by Crippen LogP contribution is -2.46. The lowest BCUT2D eigenvalue weighted by Gasteiger charge is -2.29. The number of likely N-dealkylation sites (tertiary alicyclic amines) is 1. The monoisotopic (exact) mass is 320 g/mol. The third kappa shape index (κ3) is 3.55. The zero-order valence-electron chi connectivity index (χ0n) is 12.2. The number of urea groups is 1. The number of hydrogen-bond acceptors (Lipinski definition) is 3. The van der Waals surface area contributed by atoms with Crippen molar-refractivity contribution in [3.8, 4) is 0 Å². The van der Waals surface area contributed by atoms with Crippen LogP contribution in [0, 0.1) is 6.92 Å². The van der Waals surface area contributed by atoms with Gasteiger partial charge in [0.05, 0.1) is 12.8 Å². The summed E-state index contributed by atoms with van der Waals surface area (Å²) in [7, 11) is 0. The Morgan fingerprint density at radius 3 is 2.77 bits per heavy atom. The number of halogens is 3. The molecule has 0 spiro atoms. The summed E-state index contributed by atoms with van der Waals surface area (Å²) in [6.45, 7) is 2.05. The van der Waals surface area contributed by atoms with Crippen LogP contribution >= 0.6 is 0 Å². The van der Waals surface area contributed by atoms with Crippen molar-refractivity contribution in [2.45, 2.75) is 44.5 Å². The quantitative estimate of drug-likeness (QED) is 0.880. The van der Waals surface area contributed by atoms with Crippen LogP contribution in [0.2, 0.25) is 0 Å². The number of carbonyl (C=O) groups is 1. The van der Waals surface area contributed by atoms with E-state index in [-0.39, 0.29) is 26.1 Å². The lowest BCUT2D eigenvalue weighted by molar-refractivity contribution is -0.263. The molecule has 1 aliphatic rings. The van der Waals surface area contributed by atoms with Crippen molar-refractivity contribution in [1.29, 1.82) is 0 Å². The number of rotatable bonds is 2. The lowest BCUT2D eigenvalue weighted by atomic mass is 9.94. The number of amides is 2. The van der Waals surface area contributed by atoms with E-state index in [1.807, 2.05) is 6.92 Å². The van der Waals surface area contributed by atoms with Crippen LogP contribution in [-0.2, 0) is 6.54 Å². The van der Waals surface area contributed by atoms with Crippen molar-refractivity contribution >= 4 is 6.03 Å². The van der Waals surface area contributed by atoms with E-state index in [4.69, 9.17) is 4.42 Å². The van der Waals surface area contributed by atoms with E-state index in [1.54, 1.807) is 6.07 Å². The van der Waals surface area contributed by atoms with E-state index in [0.717, 1.165) is 5.56 Å². The largest absolute Gasteiger partial charge is 0.467 e. The van der Waals surface area contributed by atoms with Gasteiger partial charge < -0.3 is 19.7 Å². The molecule has 22 heavy (non-hydrogen) atoms. The molecule has 2 rings (SSSR count). The van der Waals surface area contributed by atoms with Crippen LogP contribution in [-0.4, -0.2) is 40.9 Å². The SMILES string of the molecule is Cc1ccoc1CNC(=O)N1CCCC(O)(C(F)(F)F)CC1. The highest BCUT2D eigenvalue weighted by Crippen LogP contribution is 2.38. The van der Waals surface area contributed by atoms with Crippen molar-refractivity contribution in [3.05, 3.63) is 23.7 Å². The first kappa shape index (κ1) is 16.7. The minimum absolute atomic E-state index is 0.100. The fourth-order valence-corrected chi connectivity index (χ4v) is 2.46. The Labute approximate surface area is 126 Å². The molecule has 2 amide bonds. The maximum Gasteiger partial charge on any atom is 0.417 e. The Bertz CT molecular complexity index is 530. The molecule has 0 radical (unpaired) electrons. The number of furan rings is 1. The van der Waals surface area contributed by atoms with Crippen LogP contribution in [0.3, 0.4) is 0 Å². The van der Waals surface area contributed by atoms with Gasteiger partial charge in [-0.25, -0.2) is 4.79 Å². The Balaban J connectivity index is 1.91. The molecule has 0 saturated carbocycles. The summed E-state index contributed by atoms with van der Waals surface area (Å²) in [5, 5.41) is 12.3. The fraction of sp³-hybridized carbons (Fsp3) is 0.643. The van der Waals surface area contributed by atoms with Gasteiger partial charge in [0.1, 0.15) is 5.76 Å². The van der Waals surface area contributed by atoms with Gasteiger partial charge in [0.25, 0.3) is 0 Å². The third-order valence-corrected chi connectivity index (χ3v) is 4.00. The van der Waals surface area contributed by atoms with Gasteiger partial charge >= 0.3 is 12.2 Å². The molecule has 1 unspecified atom stereocenters. The Kier molecular flexibility index (Phi) is 4.69. The van der Waals surface area contributed by atoms with Gasteiger partial charge in [-0.3, -0.25) is 0 Å². The van der Waals surface area contributed by atoms with Crippen molar-refractivity contribution < 1.29 is 27.5 Å². The molecule has 124 valence electrons. The molecule has 8 heteroatoms. The number of nitrogens with one attached hydrogen (secondary N) is 1. The molecule has 2 N–H and O–H groups in total. The Hall–Kier alpha value is -1.70. The minimum Gasteiger partial charge on any atom is -0.467 e. The van der Waals surface area contributed by atoms with Crippen LogP contribution < -0.4 is 5.32 Å². The van der Waals surface area contributed by atoms with Crippen LogP contribution in [0.1, 0.15) is 30.6 Å². The van der Waals surface area contributed by atoms with E-state index < -0.39 is 30.7 Å². The van der Waals surface area contributed by atoms with E-state index in [1.165, 1.54) is 11.2 Å². The molecule has 1 saturated heterocycles. The molecule has 5 nitrogen and oxygen atoms in total. The highest BCUT2D eigenvalue weighted by Gasteiger charge is 2.53. The second kappa shape index (κ2) is 6.20. The van der Waals surface area contributed by atoms with Crippen molar-refractivity contribution in [3.63, 3.8) is 0 Å². The third-order valence-electron chi connectivity index (χ3n) is 4.00. The maximum absolute atomic E-state index is 12.8. The standard InChI is InChI=1S/C14H19F3N2O3/c1-10-3-8-22-11(10)9-18-12(20)19-6-2-4-13(21,5-7-19)14(15,16)17/h3,8,21H,2,4-7,9H2,1H3,(H,18,20). The number of carbonyl (C=O) groups excluding carboxylic acids is 1. The molecule has 0 aromatic carbocycles. The summed E-state index contributed by atoms with van der Waals surface area (Å²) >= 11 is 0. The van der Waals surface area contributed by atoms with Crippen LogP contribution in [0.5, 0.6) is 0 Å². The zero-order valence-corrected chi connectivity index (χ0v) is 12.2. The van der Waals surface area contributed by atoms with Crippen LogP contribution in [0.15, 0.2) is 16.7 Å². The van der Waals surface area contributed by atoms with Crippen molar-refractivity contribution in [2.75, 3.05) is 13.1 Å². The van der Waals surface area contributed by atoms with E-state index in [2.05, 4.69) is 5.32 Å². The normalized spacial score (nSPS) is 23.2. The molecule has 0 bridgehead atoms. The Morgan fingerprint density at radius 1 is 1.45 bits per heavy atom. The van der Waals surface area contributed by atoms with Gasteiger partial charge in [0, 0.05) is 19.5 Å². The van der Waals surface area contributed by atoms with Crippen molar-refractivity contribution in [1.82, 2.24) is 10.2 Å². The smallest absolute Gasteiger partial charge is 0.417 e. The van der Waals surface area contributed by atoms with Gasteiger partial charge in [-0.15, -0.1) is 0 Å². The number of alkyl halides is 3. The van der Waals surface area contributed by atoms with Crippen molar-refractivity contribution in [2.24, 2.45) is 0 Å².